The molecule has 4 N–H and O–H groups in total. The number of aromatic amines is 1. The van der Waals surface area contributed by atoms with E-state index in [0.29, 0.717) is 17.9 Å². The van der Waals surface area contributed by atoms with Gasteiger partial charge in [0.25, 0.3) is 0 Å². The van der Waals surface area contributed by atoms with Crippen molar-refractivity contribution in [3.8, 4) is 11.3 Å². The number of carboxylic acids is 1. The van der Waals surface area contributed by atoms with E-state index in [4.69, 9.17) is 0 Å². The number of urea groups is 1. The van der Waals surface area contributed by atoms with Crippen LogP contribution in [0.4, 0.5) is 10.5 Å². The van der Waals surface area contributed by atoms with Crippen LogP contribution in [0.2, 0.25) is 0 Å². The minimum absolute atomic E-state index is 0.213. The first-order valence-electron chi connectivity index (χ1n) is 10.7. The third-order valence-corrected chi connectivity index (χ3v) is 5.61. The topological polar surface area (TPSA) is 110 Å². The van der Waals surface area contributed by atoms with Gasteiger partial charge < -0.3 is 20.6 Å². The van der Waals surface area contributed by atoms with Crippen molar-refractivity contribution < 1.29 is 14.7 Å². The van der Waals surface area contributed by atoms with Crippen molar-refractivity contribution in [2.45, 2.75) is 25.7 Å². The largest absolute Gasteiger partial charge is 0.478 e. The Morgan fingerprint density at radius 2 is 1.84 bits per heavy atom. The van der Waals surface area contributed by atoms with Gasteiger partial charge in [0.1, 0.15) is 0 Å². The van der Waals surface area contributed by atoms with Crippen LogP contribution < -0.4 is 10.6 Å². The van der Waals surface area contributed by atoms with Crippen LogP contribution in [0.5, 0.6) is 0 Å². The van der Waals surface area contributed by atoms with E-state index in [1.165, 1.54) is 32.4 Å². The van der Waals surface area contributed by atoms with Gasteiger partial charge in [-0.1, -0.05) is 18.6 Å². The molecular weight excluding hydrogens is 394 g/mol. The number of amides is 2. The Kier molecular flexibility index (Phi) is 6.47. The van der Waals surface area contributed by atoms with Crippen LogP contribution in [0, 0.1) is 0 Å². The maximum Gasteiger partial charge on any atom is 0.335 e. The minimum atomic E-state index is -0.976. The number of anilines is 1. The predicted molar refractivity (Wildman–Crippen MR) is 120 cm³/mol. The molecule has 3 aromatic rings. The molecule has 0 radical (unpaired) electrons. The molecule has 1 aliphatic rings. The average molecular weight is 422 g/mol. The Morgan fingerprint density at radius 1 is 1.06 bits per heavy atom. The molecular formula is C23H27N5O3. The van der Waals surface area contributed by atoms with Crippen LogP contribution in [-0.4, -0.2) is 58.4 Å². The summed E-state index contributed by atoms with van der Waals surface area (Å²) in [6, 6.07) is 12.0. The summed E-state index contributed by atoms with van der Waals surface area (Å²) in [5.74, 6) is -0.976. The summed E-state index contributed by atoms with van der Waals surface area (Å²) in [5.41, 5.74) is 3.17. The second-order valence-electron chi connectivity index (χ2n) is 7.85. The van der Waals surface area contributed by atoms with Gasteiger partial charge in [0.2, 0.25) is 0 Å². The molecule has 1 aromatic heterocycles. The van der Waals surface area contributed by atoms with E-state index < -0.39 is 5.97 Å². The fourth-order valence-electron chi connectivity index (χ4n) is 3.94. The normalized spacial score (nSPS) is 14.5. The van der Waals surface area contributed by atoms with Gasteiger partial charge >= 0.3 is 12.0 Å². The number of nitrogens with zero attached hydrogens (tertiary/aromatic N) is 2. The average Bonchev–Trinajstić information content (AvgIpc) is 3.21. The molecule has 2 aromatic carbocycles. The van der Waals surface area contributed by atoms with E-state index >= 15 is 0 Å². The third-order valence-electron chi connectivity index (χ3n) is 5.61. The number of carbonyl (C=O) groups is 2. The van der Waals surface area contributed by atoms with Gasteiger partial charge in [0.05, 0.1) is 16.8 Å². The fourth-order valence-corrected chi connectivity index (χ4v) is 3.94. The third kappa shape index (κ3) is 5.21. The van der Waals surface area contributed by atoms with E-state index in [0.717, 1.165) is 29.4 Å². The molecule has 0 bridgehead atoms. The van der Waals surface area contributed by atoms with Crippen molar-refractivity contribution in [1.82, 2.24) is 20.4 Å². The maximum absolute atomic E-state index is 12.1. The summed E-state index contributed by atoms with van der Waals surface area (Å²) in [5, 5.41) is 23.0. The Balaban J connectivity index is 1.32. The molecule has 0 unspecified atom stereocenters. The van der Waals surface area contributed by atoms with E-state index in [2.05, 4.69) is 25.7 Å². The molecule has 0 atom stereocenters. The highest BCUT2D eigenvalue weighted by Gasteiger charge is 2.12. The highest BCUT2D eigenvalue weighted by molar-refractivity contribution is 5.99. The number of carboxylic acid groups (broad SMARTS) is 1. The van der Waals surface area contributed by atoms with E-state index in [1.54, 1.807) is 18.2 Å². The quantitative estimate of drug-likeness (QED) is 0.432. The standard InChI is InChI=1S/C23H27N5O3/c29-22(30)17-7-10-20-19(15-17)21(27-26-20)16-5-8-18(9-6-16)25-23(31)24-11-4-14-28-12-2-1-3-13-28/h5-10,15H,1-4,11-14H2,(H,26,27)(H,29,30)(H2,24,25,31). The van der Waals surface area contributed by atoms with Gasteiger partial charge in [0.15, 0.2) is 0 Å². The maximum atomic E-state index is 12.1. The van der Waals surface area contributed by atoms with Crippen molar-refractivity contribution in [3.63, 3.8) is 0 Å². The SMILES string of the molecule is O=C(NCCCN1CCCCC1)Nc1ccc(-c2n[nH]c3ccc(C(=O)O)cc23)cc1. The highest BCUT2D eigenvalue weighted by Crippen LogP contribution is 2.28. The molecule has 1 saturated heterocycles. The lowest BCUT2D eigenvalue weighted by Gasteiger charge is -2.26. The molecule has 4 rings (SSSR count). The first-order valence-corrected chi connectivity index (χ1v) is 10.7. The van der Waals surface area contributed by atoms with Crippen molar-refractivity contribution in [2.75, 3.05) is 31.5 Å². The van der Waals surface area contributed by atoms with Crippen LogP contribution in [0.1, 0.15) is 36.0 Å². The molecule has 2 amide bonds. The van der Waals surface area contributed by atoms with Crippen LogP contribution in [0.15, 0.2) is 42.5 Å². The smallest absolute Gasteiger partial charge is 0.335 e. The zero-order chi connectivity index (χ0) is 21.6. The summed E-state index contributed by atoms with van der Waals surface area (Å²) in [7, 11) is 0. The second kappa shape index (κ2) is 9.61. The first-order chi connectivity index (χ1) is 15.1. The lowest BCUT2D eigenvalue weighted by atomic mass is 10.1. The lowest BCUT2D eigenvalue weighted by molar-refractivity contribution is 0.0697. The second-order valence-corrected chi connectivity index (χ2v) is 7.85. The summed E-state index contributed by atoms with van der Waals surface area (Å²) in [4.78, 5) is 25.9. The van der Waals surface area contributed by atoms with Gasteiger partial charge in [-0.3, -0.25) is 5.10 Å². The zero-order valence-corrected chi connectivity index (χ0v) is 17.4. The Labute approximate surface area is 180 Å². The highest BCUT2D eigenvalue weighted by atomic mass is 16.4. The Hall–Kier alpha value is -3.39. The van der Waals surface area contributed by atoms with Crippen LogP contribution in [-0.2, 0) is 0 Å². The van der Waals surface area contributed by atoms with Crippen LogP contribution >= 0.6 is 0 Å². The molecule has 162 valence electrons. The van der Waals surface area contributed by atoms with Crippen LogP contribution in [0.25, 0.3) is 22.2 Å². The van der Waals surface area contributed by atoms with E-state index in [1.807, 2.05) is 24.3 Å². The number of aromatic nitrogens is 2. The van der Waals surface area contributed by atoms with E-state index in [-0.39, 0.29) is 11.6 Å². The number of hydrogen-bond donors (Lipinski definition) is 4. The van der Waals surface area contributed by atoms with Crippen molar-refractivity contribution in [1.29, 1.82) is 0 Å². The molecule has 1 aliphatic heterocycles. The lowest BCUT2D eigenvalue weighted by Crippen LogP contribution is -2.34. The molecule has 0 aliphatic carbocycles. The number of H-pyrrole nitrogens is 1. The van der Waals surface area contributed by atoms with Gasteiger partial charge in [-0.25, -0.2) is 9.59 Å². The number of aromatic carboxylic acids is 1. The molecule has 8 heteroatoms. The van der Waals surface area contributed by atoms with Gasteiger partial charge in [0, 0.05) is 23.2 Å². The number of nitrogens with one attached hydrogen (secondary N) is 3. The van der Waals surface area contributed by atoms with E-state index in [9.17, 15) is 14.7 Å². The zero-order valence-electron chi connectivity index (χ0n) is 17.4. The monoisotopic (exact) mass is 421 g/mol. The predicted octanol–water partition coefficient (Wildman–Crippen LogP) is 3.93. The number of likely N-dealkylation sites (tertiary alicyclic amines) is 1. The van der Waals surface area contributed by atoms with Crippen molar-refractivity contribution in [2.24, 2.45) is 0 Å². The van der Waals surface area contributed by atoms with Gasteiger partial charge in [-0.15, -0.1) is 0 Å². The summed E-state index contributed by atoms with van der Waals surface area (Å²) in [6.45, 7) is 4.00. The Bertz CT molecular complexity index is 1050. The summed E-state index contributed by atoms with van der Waals surface area (Å²) >= 11 is 0. The van der Waals surface area contributed by atoms with Crippen molar-refractivity contribution >= 4 is 28.6 Å². The van der Waals surface area contributed by atoms with Crippen molar-refractivity contribution in [3.05, 3.63) is 48.0 Å². The number of fused-ring (bicyclic) bond motifs is 1. The van der Waals surface area contributed by atoms with Gasteiger partial charge in [-0.2, -0.15) is 5.10 Å². The number of hydrogen-bond acceptors (Lipinski definition) is 4. The number of rotatable bonds is 7. The number of carbonyl (C=O) groups excluding carboxylic acids is 1. The Morgan fingerprint density at radius 3 is 2.58 bits per heavy atom. The molecule has 1 fully saturated rings. The van der Waals surface area contributed by atoms with Gasteiger partial charge in [-0.05, 0) is 69.2 Å². The minimum Gasteiger partial charge on any atom is -0.478 e. The summed E-state index contributed by atoms with van der Waals surface area (Å²) < 4.78 is 0. The molecule has 0 saturated carbocycles. The fraction of sp³-hybridized carbons (Fsp3) is 0.348. The number of piperidine rings is 1. The molecule has 0 spiro atoms. The molecule has 8 nitrogen and oxygen atoms in total. The molecule has 2 heterocycles. The van der Waals surface area contributed by atoms with Crippen LogP contribution in [0.3, 0.4) is 0 Å². The number of benzene rings is 2. The summed E-state index contributed by atoms with van der Waals surface area (Å²) in [6.07, 6.45) is 4.82. The molecule has 31 heavy (non-hydrogen) atoms. The first kappa shape index (κ1) is 20.9.